The first-order valence-corrected chi connectivity index (χ1v) is 17.1. The normalized spacial score (nSPS) is 14.4. The Morgan fingerprint density at radius 1 is 1.06 bits per heavy atom. The number of carbonyl (C=O) groups is 1. The molecule has 1 atom stereocenters. The molecule has 0 unspecified atom stereocenters. The molecule has 1 aliphatic rings. The highest BCUT2D eigenvalue weighted by atomic mass is 35.5. The molecule has 1 aliphatic heterocycles. The van der Waals surface area contributed by atoms with Crippen LogP contribution in [0.2, 0.25) is 5.02 Å². The van der Waals surface area contributed by atoms with Crippen molar-refractivity contribution in [3.8, 4) is 17.2 Å². The van der Waals surface area contributed by atoms with Crippen LogP contribution in [0.5, 0.6) is 17.2 Å². The minimum atomic E-state index is -0.795. The molecule has 0 radical (unpaired) electrons. The summed E-state index contributed by atoms with van der Waals surface area (Å²) < 4.78 is 26.0. The van der Waals surface area contributed by atoms with Crippen molar-refractivity contribution in [2.24, 2.45) is 4.99 Å². The van der Waals surface area contributed by atoms with Crippen LogP contribution in [0.15, 0.2) is 94.4 Å². The van der Waals surface area contributed by atoms with E-state index in [-0.39, 0.29) is 18.3 Å². The summed E-state index contributed by atoms with van der Waals surface area (Å²) in [6.07, 6.45) is 4.02. The van der Waals surface area contributed by atoms with Crippen molar-refractivity contribution in [2.75, 3.05) is 13.2 Å². The largest absolute Gasteiger partial charge is 0.491 e. The van der Waals surface area contributed by atoms with Gasteiger partial charge < -0.3 is 18.9 Å². The number of esters is 1. The minimum Gasteiger partial charge on any atom is -0.491 e. The van der Waals surface area contributed by atoms with Gasteiger partial charge >= 0.3 is 5.97 Å². The smallest absolute Gasteiger partial charge is 0.338 e. The summed E-state index contributed by atoms with van der Waals surface area (Å²) in [6, 6.07) is 18.0. The number of rotatable bonds is 13. The minimum absolute atomic E-state index is 0.124. The average Bonchev–Trinajstić information content (AvgIpc) is 3.35. The molecular formula is C38H39ClN2O6S. The number of halogens is 1. The maximum atomic E-state index is 14.3. The van der Waals surface area contributed by atoms with E-state index in [1.54, 1.807) is 24.5 Å². The van der Waals surface area contributed by atoms with Crippen molar-refractivity contribution in [1.82, 2.24) is 4.57 Å². The first kappa shape index (κ1) is 34.7. The number of ether oxygens (including phenoxy) is 4. The number of benzene rings is 3. The van der Waals surface area contributed by atoms with E-state index in [0.29, 0.717) is 68.1 Å². The second kappa shape index (κ2) is 15.5. The molecule has 10 heteroatoms. The average molecular weight is 687 g/mol. The fraction of sp³-hybridized carbons (Fsp3) is 0.289. The number of allylic oxidation sites excluding steroid dienone is 2. The first-order valence-electron chi connectivity index (χ1n) is 15.9. The molecule has 0 amide bonds. The van der Waals surface area contributed by atoms with E-state index in [9.17, 15) is 9.59 Å². The molecule has 0 aliphatic carbocycles. The molecule has 0 saturated carbocycles. The number of nitrogens with zero attached hydrogens (tertiary/aromatic N) is 2. The lowest BCUT2D eigenvalue weighted by molar-refractivity contribution is -0.139. The number of hydrogen-bond donors (Lipinski definition) is 0. The van der Waals surface area contributed by atoms with E-state index in [2.05, 4.69) is 6.58 Å². The molecule has 0 spiro atoms. The number of carbonyl (C=O) groups excluding carboxylic acids is 1. The van der Waals surface area contributed by atoms with E-state index in [1.807, 2.05) is 87.5 Å². The number of hydrogen-bond acceptors (Lipinski definition) is 8. The zero-order valence-electron chi connectivity index (χ0n) is 27.7. The molecule has 3 aromatic carbocycles. The maximum absolute atomic E-state index is 14.3. The van der Waals surface area contributed by atoms with Gasteiger partial charge in [-0.2, -0.15) is 0 Å². The predicted octanol–water partition coefficient (Wildman–Crippen LogP) is 6.95. The number of thiazole rings is 1. The summed E-state index contributed by atoms with van der Waals surface area (Å²) in [5.74, 6) is 1.22. The van der Waals surface area contributed by atoms with Gasteiger partial charge in [0.1, 0.15) is 18.4 Å². The molecule has 48 heavy (non-hydrogen) atoms. The molecule has 5 rings (SSSR count). The van der Waals surface area contributed by atoms with Crippen molar-refractivity contribution in [3.05, 3.63) is 132 Å². The van der Waals surface area contributed by atoms with Crippen LogP contribution in [0.4, 0.5) is 0 Å². The van der Waals surface area contributed by atoms with Gasteiger partial charge in [-0.3, -0.25) is 9.36 Å². The van der Waals surface area contributed by atoms with E-state index >= 15 is 0 Å². The van der Waals surface area contributed by atoms with Crippen molar-refractivity contribution in [2.45, 2.75) is 59.8 Å². The molecule has 2 heterocycles. The number of para-hydroxylation sites is 1. The van der Waals surface area contributed by atoms with Crippen molar-refractivity contribution in [3.63, 3.8) is 0 Å². The lowest BCUT2D eigenvalue weighted by Crippen LogP contribution is -2.40. The van der Waals surface area contributed by atoms with Gasteiger partial charge in [-0.15, -0.1) is 6.58 Å². The van der Waals surface area contributed by atoms with Crippen molar-refractivity contribution < 1.29 is 23.7 Å². The standard InChI is InChI=1S/C38H39ClN2O6S/c1-7-12-27-19-26(20-31(44-8-2)35(27)46-22-25-15-17-28(39)18-16-25)21-32-36(42)41-34(29-13-10-11-14-30(29)47-23(4)5)33(37(43)45-9-3)24(6)40-38(41)48-32/h7,10-11,13-21,23,34H,1,8-9,12,22H2,2-6H3/b32-21+/t34-/m0/s1. The van der Waals surface area contributed by atoms with Crippen LogP contribution in [0, 0.1) is 0 Å². The van der Waals surface area contributed by atoms with E-state index in [4.69, 9.17) is 35.5 Å². The van der Waals surface area contributed by atoms with Crippen LogP contribution in [0.25, 0.3) is 6.08 Å². The van der Waals surface area contributed by atoms with E-state index in [0.717, 1.165) is 16.7 Å². The highest BCUT2D eigenvalue weighted by molar-refractivity contribution is 7.07. The van der Waals surface area contributed by atoms with Gasteiger partial charge in [0.15, 0.2) is 16.3 Å². The fourth-order valence-corrected chi connectivity index (χ4v) is 6.71. The topological polar surface area (TPSA) is 88.4 Å². The molecule has 0 N–H and O–H groups in total. The maximum Gasteiger partial charge on any atom is 0.338 e. The Hall–Kier alpha value is -4.60. The second-order valence-electron chi connectivity index (χ2n) is 11.4. The third-order valence-electron chi connectivity index (χ3n) is 7.51. The summed E-state index contributed by atoms with van der Waals surface area (Å²) in [5, 5.41) is 0.655. The fourth-order valence-electron chi connectivity index (χ4n) is 5.54. The second-order valence-corrected chi connectivity index (χ2v) is 12.8. The Kier molecular flexibility index (Phi) is 11.2. The molecule has 1 aromatic heterocycles. The van der Waals surface area contributed by atoms with Crippen LogP contribution in [0.1, 0.15) is 62.9 Å². The molecule has 4 aromatic rings. The zero-order valence-corrected chi connectivity index (χ0v) is 29.3. The summed E-state index contributed by atoms with van der Waals surface area (Å²) in [7, 11) is 0. The van der Waals surface area contributed by atoms with Crippen LogP contribution >= 0.6 is 22.9 Å². The monoisotopic (exact) mass is 686 g/mol. The van der Waals surface area contributed by atoms with Crippen molar-refractivity contribution >= 4 is 35.0 Å². The van der Waals surface area contributed by atoms with E-state index in [1.165, 1.54) is 11.3 Å². The SMILES string of the molecule is C=CCc1cc(/C=c2/sc3n(c2=O)[C@@H](c2ccccc2OC(C)C)C(C(=O)OCC)=C(C)N=3)cc(OCC)c1OCc1ccc(Cl)cc1. The Morgan fingerprint density at radius 2 is 1.81 bits per heavy atom. The molecule has 0 fully saturated rings. The van der Waals surface area contributed by atoms with Gasteiger partial charge in [0.25, 0.3) is 5.56 Å². The summed E-state index contributed by atoms with van der Waals surface area (Å²) in [5.41, 5.74) is 3.74. The highest BCUT2D eigenvalue weighted by Gasteiger charge is 2.35. The number of aromatic nitrogens is 1. The van der Waals surface area contributed by atoms with Crippen molar-refractivity contribution in [1.29, 1.82) is 0 Å². The van der Waals surface area contributed by atoms with Crippen LogP contribution in [-0.4, -0.2) is 29.9 Å². The van der Waals surface area contributed by atoms with Gasteiger partial charge in [0.05, 0.1) is 35.1 Å². The van der Waals surface area contributed by atoms with Gasteiger partial charge in [-0.25, -0.2) is 9.79 Å². The van der Waals surface area contributed by atoms with Crippen LogP contribution in [-0.2, 0) is 22.6 Å². The molecular weight excluding hydrogens is 648 g/mol. The Balaban J connectivity index is 1.65. The Bertz CT molecular complexity index is 2030. The zero-order chi connectivity index (χ0) is 34.4. The van der Waals surface area contributed by atoms with Gasteiger partial charge in [0, 0.05) is 16.1 Å². The number of fused-ring (bicyclic) bond motifs is 1. The lowest BCUT2D eigenvalue weighted by Gasteiger charge is -2.26. The predicted molar refractivity (Wildman–Crippen MR) is 190 cm³/mol. The lowest BCUT2D eigenvalue weighted by atomic mass is 9.95. The first-order chi connectivity index (χ1) is 23.1. The van der Waals surface area contributed by atoms with Gasteiger partial charge in [0.2, 0.25) is 0 Å². The van der Waals surface area contributed by atoms with Crippen LogP contribution < -0.4 is 29.1 Å². The Labute approximate surface area is 289 Å². The quantitative estimate of drug-likeness (QED) is 0.112. The molecule has 250 valence electrons. The third kappa shape index (κ3) is 7.58. The molecule has 8 nitrogen and oxygen atoms in total. The summed E-state index contributed by atoms with van der Waals surface area (Å²) in [4.78, 5) is 32.9. The Morgan fingerprint density at radius 3 is 2.50 bits per heavy atom. The van der Waals surface area contributed by atoms with Gasteiger partial charge in [-0.1, -0.05) is 59.3 Å². The molecule has 0 saturated heterocycles. The molecule has 0 bridgehead atoms. The third-order valence-corrected chi connectivity index (χ3v) is 8.74. The highest BCUT2D eigenvalue weighted by Crippen LogP contribution is 2.37. The summed E-state index contributed by atoms with van der Waals surface area (Å²) in [6.45, 7) is 14.2. The summed E-state index contributed by atoms with van der Waals surface area (Å²) >= 11 is 7.32. The van der Waals surface area contributed by atoms with E-state index < -0.39 is 12.0 Å². The van der Waals surface area contributed by atoms with Gasteiger partial charge in [-0.05, 0) is 88.6 Å². The van der Waals surface area contributed by atoms with Crippen LogP contribution in [0.3, 0.4) is 0 Å².